The highest BCUT2D eigenvalue weighted by atomic mass is 16.5. The van der Waals surface area contributed by atoms with Gasteiger partial charge in [-0.05, 0) is 47.5 Å². The molecule has 2 aromatic heterocycles. The number of aliphatic hydroxyl groups is 4. The molecule has 0 radical (unpaired) electrons. The number of aromatic nitrogens is 8. The highest BCUT2D eigenvalue weighted by Crippen LogP contribution is 2.37. The van der Waals surface area contributed by atoms with Gasteiger partial charge in [0.25, 0.3) is 0 Å². The lowest BCUT2D eigenvalue weighted by Gasteiger charge is -2.37. The predicted molar refractivity (Wildman–Crippen MR) is 116 cm³/mol. The van der Waals surface area contributed by atoms with Crippen LogP contribution in [0.1, 0.15) is 22.8 Å². The summed E-state index contributed by atoms with van der Waals surface area (Å²) in [5.41, 5.74) is 3.25. The molecule has 0 saturated carbocycles. The van der Waals surface area contributed by atoms with Gasteiger partial charge in [-0.25, -0.2) is 9.67 Å². The molecule has 3 heterocycles. The fraction of sp³-hybridized carbons (Fsp3) is 0.526. The van der Waals surface area contributed by atoms with E-state index in [9.17, 15) is 20.4 Å². The van der Waals surface area contributed by atoms with Crippen molar-refractivity contribution in [2.24, 2.45) is 12.0 Å². The first-order valence-electron chi connectivity index (χ1n) is 10.5. The van der Waals surface area contributed by atoms with Crippen LogP contribution in [0.15, 0.2) is 17.1 Å². The molecular formula is C19H26N10O5. The lowest BCUT2D eigenvalue weighted by Crippen LogP contribution is -2.52. The molecule has 4 atom stereocenters. The number of rotatable bonds is 9. The zero-order valence-corrected chi connectivity index (χ0v) is 18.8. The van der Waals surface area contributed by atoms with Crippen LogP contribution < -0.4 is 4.90 Å². The van der Waals surface area contributed by atoms with Crippen molar-refractivity contribution in [2.45, 2.75) is 45.0 Å². The lowest BCUT2D eigenvalue weighted by molar-refractivity contribution is -0.0890. The van der Waals surface area contributed by atoms with E-state index in [2.05, 4.69) is 41.1 Å². The van der Waals surface area contributed by atoms with E-state index in [1.165, 1.54) is 9.58 Å². The van der Waals surface area contributed by atoms with Gasteiger partial charge in [0.05, 0.1) is 18.0 Å². The van der Waals surface area contributed by atoms with Gasteiger partial charge in [0.15, 0.2) is 12.1 Å². The second-order valence-electron chi connectivity index (χ2n) is 8.04. The van der Waals surface area contributed by atoms with Crippen LogP contribution in [0, 0.1) is 13.8 Å². The van der Waals surface area contributed by atoms with E-state index < -0.39 is 24.5 Å². The van der Waals surface area contributed by atoms with Crippen LogP contribution in [0.3, 0.4) is 0 Å². The molecule has 5 N–H and O–H groups in total. The monoisotopic (exact) mass is 474 g/mol. The molecule has 1 aliphatic rings. The first kappa shape index (κ1) is 23.8. The normalized spacial score (nSPS) is 18.4. The molecule has 1 aromatic carbocycles. The first-order valence-corrected chi connectivity index (χ1v) is 10.5. The van der Waals surface area contributed by atoms with Gasteiger partial charge in [0.2, 0.25) is 5.82 Å². The number of benzene rings is 1. The van der Waals surface area contributed by atoms with Crippen molar-refractivity contribution >= 4 is 17.1 Å². The Labute approximate surface area is 193 Å². The maximum atomic E-state index is 11.1. The summed E-state index contributed by atoms with van der Waals surface area (Å²) >= 11 is 0. The van der Waals surface area contributed by atoms with Crippen molar-refractivity contribution in [1.82, 2.24) is 40.8 Å². The molecule has 34 heavy (non-hydrogen) atoms. The van der Waals surface area contributed by atoms with E-state index in [1.54, 1.807) is 7.05 Å². The number of β-amino-alcohol motifs (C(OH)–C–C–N with tert-alkyl or cyclic N) is 1. The summed E-state index contributed by atoms with van der Waals surface area (Å²) < 4.78 is 6.65. The number of ether oxygens (including phenoxy) is 1. The van der Waals surface area contributed by atoms with Crippen LogP contribution in [-0.4, -0.2) is 105 Å². The quantitative estimate of drug-likeness (QED) is 0.226. The molecule has 15 heteroatoms. The van der Waals surface area contributed by atoms with Crippen LogP contribution in [0.25, 0.3) is 0 Å². The third kappa shape index (κ3) is 4.78. The van der Waals surface area contributed by atoms with Gasteiger partial charge in [-0.3, -0.25) is 0 Å². The number of aromatic amines is 1. The number of aliphatic imine (C=N–C) groups is 1. The summed E-state index contributed by atoms with van der Waals surface area (Å²) in [5.74, 6) is 0.539. The van der Waals surface area contributed by atoms with Crippen molar-refractivity contribution in [3.05, 3.63) is 34.9 Å². The van der Waals surface area contributed by atoms with E-state index in [1.807, 2.05) is 26.0 Å². The Balaban J connectivity index is 1.52. The van der Waals surface area contributed by atoms with Gasteiger partial charge in [0, 0.05) is 13.6 Å². The van der Waals surface area contributed by atoms with Crippen molar-refractivity contribution in [3.8, 4) is 0 Å². The Kier molecular flexibility index (Phi) is 6.90. The molecule has 0 spiro atoms. The zero-order valence-electron chi connectivity index (χ0n) is 18.8. The van der Waals surface area contributed by atoms with Crippen LogP contribution >= 0.6 is 0 Å². The second kappa shape index (κ2) is 9.86. The maximum Gasteiger partial charge on any atom is 0.200 e. The number of nitrogens with one attached hydrogen (secondary N) is 1. The second-order valence-corrected chi connectivity index (χ2v) is 8.04. The number of fused-ring (bicyclic) bond motifs is 1. The van der Waals surface area contributed by atoms with Crippen LogP contribution in [-0.2, 0) is 18.4 Å². The number of tetrazole rings is 2. The summed E-state index contributed by atoms with van der Waals surface area (Å²) in [5, 5.41) is 67.1. The van der Waals surface area contributed by atoms with Gasteiger partial charge in [0.1, 0.15) is 30.6 Å². The van der Waals surface area contributed by atoms with E-state index in [-0.39, 0.29) is 37.1 Å². The Morgan fingerprint density at radius 3 is 2.56 bits per heavy atom. The van der Waals surface area contributed by atoms with Gasteiger partial charge in [-0.1, -0.05) is 5.21 Å². The van der Waals surface area contributed by atoms with Crippen molar-refractivity contribution in [3.63, 3.8) is 0 Å². The van der Waals surface area contributed by atoms with Crippen LogP contribution in [0.2, 0.25) is 0 Å². The summed E-state index contributed by atoms with van der Waals surface area (Å²) in [7, 11) is 1.62. The van der Waals surface area contributed by atoms with Crippen molar-refractivity contribution in [2.75, 3.05) is 18.1 Å². The number of hydrogen-bond acceptors (Lipinski definition) is 13. The third-order valence-corrected chi connectivity index (χ3v) is 5.61. The van der Waals surface area contributed by atoms with E-state index in [0.717, 1.165) is 11.1 Å². The van der Waals surface area contributed by atoms with Crippen LogP contribution in [0.5, 0.6) is 0 Å². The summed E-state index contributed by atoms with van der Waals surface area (Å²) in [6, 6.07) is 3.70. The van der Waals surface area contributed by atoms with Gasteiger partial charge >= 0.3 is 0 Å². The zero-order chi connectivity index (χ0) is 24.4. The van der Waals surface area contributed by atoms with Crippen molar-refractivity contribution in [1.29, 1.82) is 0 Å². The topological polar surface area (TPSA) is 204 Å². The van der Waals surface area contributed by atoms with Gasteiger partial charge in [-0.2, -0.15) is 5.21 Å². The molecule has 0 aliphatic carbocycles. The Hall–Kier alpha value is -3.37. The molecule has 3 aromatic rings. The molecule has 4 rings (SSSR count). The molecule has 182 valence electrons. The predicted octanol–water partition coefficient (Wildman–Crippen LogP) is -2.10. The van der Waals surface area contributed by atoms with Crippen LogP contribution in [0.4, 0.5) is 11.4 Å². The van der Waals surface area contributed by atoms with Gasteiger partial charge < -0.3 is 30.1 Å². The average Bonchev–Trinajstić information content (AvgIpc) is 3.48. The third-order valence-electron chi connectivity index (χ3n) is 5.61. The largest absolute Gasteiger partial charge is 0.388 e. The summed E-state index contributed by atoms with van der Waals surface area (Å²) in [6.45, 7) is 3.33. The number of anilines is 1. The number of aryl methyl sites for hydroxylation is 3. The fourth-order valence-electron chi connectivity index (χ4n) is 3.56. The molecule has 1 aliphatic heterocycles. The minimum atomic E-state index is -1.56. The molecular weight excluding hydrogens is 448 g/mol. The SMILES string of the molecule is Cc1cc2c(cc1C)N(C[C@H](O)[C@H](O)[C@H](O)COCc1nn[nH]n1)C(O)C(c1nnnn1C)=N2. The minimum Gasteiger partial charge on any atom is -0.388 e. The highest BCUT2D eigenvalue weighted by Gasteiger charge is 2.36. The molecule has 0 amide bonds. The molecule has 1 unspecified atom stereocenters. The van der Waals surface area contributed by atoms with Crippen molar-refractivity contribution < 1.29 is 25.2 Å². The Morgan fingerprint density at radius 2 is 1.88 bits per heavy atom. The Bertz CT molecular complexity index is 1150. The Morgan fingerprint density at radius 1 is 1.12 bits per heavy atom. The molecule has 0 fully saturated rings. The highest BCUT2D eigenvalue weighted by molar-refractivity contribution is 6.06. The lowest BCUT2D eigenvalue weighted by atomic mass is 10.0. The first-order chi connectivity index (χ1) is 16.3. The number of H-pyrrole nitrogens is 1. The fourth-order valence-corrected chi connectivity index (χ4v) is 3.56. The maximum absolute atomic E-state index is 11.1. The minimum absolute atomic E-state index is 0.0290. The van der Waals surface area contributed by atoms with Gasteiger partial charge in [-0.15, -0.1) is 15.3 Å². The van der Waals surface area contributed by atoms with E-state index >= 15 is 0 Å². The van der Waals surface area contributed by atoms with E-state index in [4.69, 9.17) is 4.74 Å². The number of aliphatic hydroxyl groups excluding tert-OH is 4. The molecule has 15 nitrogen and oxygen atoms in total. The number of nitrogens with zero attached hydrogens (tertiary/aromatic N) is 9. The molecule has 0 bridgehead atoms. The summed E-state index contributed by atoms with van der Waals surface area (Å²) in [4.78, 5) is 6.05. The smallest absolute Gasteiger partial charge is 0.200 e. The standard InChI is InChI=1S/C19H26N10O5/c1-9-4-11-12(5-10(9)2)29(19(33)16(20-11)18-23-26-27-28(18)3)6-13(30)17(32)14(31)7-34-8-15-21-24-25-22-15/h4-5,13-14,17,19,30-33H,6-8H2,1-3H3,(H,21,22,24,25)/t13-,14+,17-,19?/m0/s1. The molecule has 0 saturated heterocycles. The summed E-state index contributed by atoms with van der Waals surface area (Å²) in [6.07, 6.45) is -5.72. The number of hydrogen-bond donors (Lipinski definition) is 5. The average molecular weight is 474 g/mol. The van der Waals surface area contributed by atoms with E-state index in [0.29, 0.717) is 11.4 Å².